The standard InChI is InChI=1S/C16H28N2O11/c1-6(22)17-8(3-19)12(25)15(9(24)4-20)29-16-11(18-7(2)23)14(27)13(26)10(5-21)28-16/h3,8-16,20-21,24-27H,4-5H2,1-2H3,(H,17,22)(H,18,23)/t8-,9+,10+,11+,12+,13+,14+,15+,16-/m0/s1/i1D3,2D3. The monoisotopic (exact) mass is 430 g/mol. The van der Waals surface area contributed by atoms with Crippen molar-refractivity contribution in [3.63, 3.8) is 0 Å². The molecule has 168 valence electrons. The lowest BCUT2D eigenvalue weighted by molar-refractivity contribution is -0.299. The number of nitrogens with one attached hydrogen (secondary N) is 2. The van der Waals surface area contributed by atoms with Crippen molar-refractivity contribution in [2.75, 3.05) is 13.2 Å². The van der Waals surface area contributed by atoms with Gasteiger partial charge in [-0.15, -0.1) is 0 Å². The predicted octanol–water partition coefficient (Wildman–Crippen LogP) is -5.27. The van der Waals surface area contributed by atoms with Crippen LogP contribution in [-0.4, -0.2) is 117 Å². The van der Waals surface area contributed by atoms with Gasteiger partial charge in [0.25, 0.3) is 0 Å². The first-order valence-electron chi connectivity index (χ1n) is 11.3. The molecule has 9 atom stereocenters. The van der Waals surface area contributed by atoms with E-state index in [1.165, 1.54) is 0 Å². The minimum Gasteiger partial charge on any atom is -0.394 e. The molecule has 0 aliphatic carbocycles. The number of ether oxygens (including phenoxy) is 2. The topological polar surface area (TPSA) is 215 Å². The Morgan fingerprint density at radius 3 is 2.38 bits per heavy atom. The lowest BCUT2D eigenvalue weighted by Crippen LogP contribution is -2.66. The van der Waals surface area contributed by atoms with Gasteiger partial charge >= 0.3 is 0 Å². The molecule has 13 heteroatoms. The molecule has 2 amide bonds. The summed E-state index contributed by atoms with van der Waals surface area (Å²) in [6.45, 7) is -8.50. The SMILES string of the molecule is [2H]C([2H])([2H])C(=O)N[C@H]1[C@H](O[C@@H]([C@H](O)[C@H](C=O)NC(=O)C([2H])([2H])[2H])[C@H](O)CO)O[C@H](CO)[C@@H](O)[C@@H]1O. The maximum atomic E-state index is 11.9. The molecule has 0 bridgehead atoms. The minimum absolute atomic E-state index is 0.0977. The molecular formula is C16H28N2O11. The van der Waals surface area contributed by atoms with Gasteiger partial charge in [-0.05, 0) is 0 Å². The third kappa shape index (κ3) is 6.65. The van der Waals surface area contributed by atoms with Crippen molar-refractivity contribution in [2.24, 2.45) is 0 Å². The zero-order chi connectivity index (χ0) is 27.3. The summed E-state index contributed by atoms with van der Waals surface area (Å²) in [4.78, 5) is 35.1. The molecule has 1 fully saturated rings. The van der Waals surface area contributed by atoms with Gasteiger partial charge in [0.05, 0.1) is 13.2 Å². The lowest BCUT2D eigenvalue weighted by Gasteiger charge is -2.44. The van der Waals surface area contributed by atoms with Crippen LogP contribution in [0.4, 0.5) is 0 Å². The number of aliphatic hydroxyl groups is 6. The Hall–Kier alpha value is -1.71. The van der Waals surface area contributed by atoms with Crippen LogP contribution in [0.1, 0.15) is 21.9 Å². The van der Waals surface area contributed by atoms with Crippen LogP contribution in [-0.2, 0) is 23.9 Å². The van der Waals surface area contributed by atoms with Crippen LogP contribution in [0.3, 0.4) is 0 Å². The molecule has 0 aromatic heterocycles. The van der Waals surface area contributed by atoms with Crippen molar-refractivity contribution < 1.29 is 62.7 Å². The average molecular weight is 430 g/mol. The minimum atomic E-state index is -3.23. The molecule has 0 aromatic rings. The van der Waals surface area contributed by atoms with Crippen LogP contribution in [0.5, 0.6) is 0 Å². The highest BCUT2D eigenvalue weighted by Crippen LogP contribution is 2.25. The Morgan fingerprint density at radius 1 is 1.21 bits per heavy atom. The molecular weight excluding hydrogens is 396 g/mol. The Morgan fingerprint density at radius 2 is 1.86 bits per heavy atom. The molecule has 1 aliphatic rings. The second kappa shape index (κ2) is 11.5. The Balaban J connectivity index is 3.29. The molecule has 0 aromatic carbocycles. The molecule has 0 saturated carbocycles. The summed E-state index contributed by atoms with van der Waals surface area (Å²) in [5, 5.41) is 63.4. The summed E-state index contributed by atoms with van der Waals surface area (Å²) < 4.78 is 53.0. The molecule has 0 unspecified atom stereocenters. The summed E-state index contributed by atoms with van der Waals surface area (Å²) in [5.74, 6) is -3.27. The highest BCUT2D eigenvalue weighted by molar-refractivity contribution is 5.77. The first-order valence-corrected chi connectivity index (χ1v) is 8.31. The van der Waals surface area contributed by atoms with Crippen molar-refractivity contribution >= 4 is 18.1 Å². The van der Waals surface area contributed by atoms with Crippen LogP contribution in [0.2, 0.25) is 0 Å². The van der Waals surface area contributed by atoms with Gasteiger partial charge in [0, 0.05) is 21.9 Å². The number of carbonyl (C=O) groups excluding carboxylic acids is 3. The van der Waals surface area contributed by atoms with Crippen molar-refractivity contribution in [2.45, 2.75) is 68.7 Å². The number of carbonyl (C=O) groups is 3. The summed E-state index contributed by atoms with van der Waals surface area (Å²) in [7, 11) is 0. The third-order valence-corrected chi connectivity index (χ3v) is 4.19. The largest absolute Gasteiger partial charge is 0.394 e. The van der Waals surface area contributed by atoms with Gasteiger partial charge in [-0.25, -0.2) is 0 Å². The maximum absolute atomic E-state index is 11.9. The number of aldehydes is 1. The van der Waals surface area contributed by atoms with Gasteiger partial charge in [0.2, 0.25) is 11.8 Å². The summed E-state index contributed by atoms with van der Waals surface area (Å²) in [6, 6.07) is -3.90. The first-order chi connectivity index (χ1) is 16.0. The summed E-state index contributed by atoms with van der Waals surface area (Å²) >= 11 is 0. The number of amides is 2. The van der Waals surface area contributed by atoms with Crippen LogP contribution < -0.4 is 10.6 Å². The van der Waals surface area contributed by atoms with Crippen molar-refractivity contribution in [1.82, 2.24) is 10.6 Å². The van der Waals surface area contributed by atoms with E-state index in [1.54, 1.807) is 5.32 Å². The smallest absolute Gasteiger partial charge is 0.217 e. The van der Waals surface area contributed by atoms with E-state index >= 15 is 0 Å². The van der Waals surface area contributed by atoms with E-state index in [9.17, 15) is 45.0 Å². The molecule has 8 N–H and O–H groups in total. The van der Waals surface area contributed by atoms with E-state index in [0.717, 1.165) is 0 Å². The predicted molar refractivity (Wildman–Crippen MR) is 93.0 cm³/mol. The zero-order valence-corrected chi connectivity index (χ0v) is 14.9. The molecule has 1 saturated heterocycles. The number of hydrogen-bond donors (Lipinski definition) is 8. The van der Waals surface area contributed by atoms with Crippen LogP contribution in [0.25, 0.3) is 0 Å². The van der Waals surface area contributed by atoms with E-state index in [4.69, 9.17) is 17.7 Å². The highest BCUT2D eigenvalue weighted by Gasteiger charge is 2.48. The first kappa shape index (κ1) is 17.0. The molecule has 13 nitrogen and oxygen atoms in total. The molecule has 1 aliphatic heterocycles. The Kier molecular flexibility index (Phi) is 6.73. The van der Waals surface area contributed by atoms with Gasteiger partial charge in [0.1, 0.15) is 55.0 Å². The highest BCUT2D eigenvalue weighted by atomic mass is 16.7. The average Bonchev–Trinajstić information content (AvgIpc) is 2.77. The Bertz CT molecular complexity index is 740. The fourth-order valence-corrected chi connectivity index (χ4v) is 2.72. The van der Waals surface area contributed by atoms with Crippen LogP contribution >= 0.6 is 0 Å². The van der Waals surface area contributed by atoms with Gasteiger partial charge in [-0.3, -0.25) is 9.59 Å². The third-order valence-electron chi connectivity index (χ3n) is 4.19. The molecule has 1 rings (SSSR count). The van der Waals surface area contributed by atoms with Gasteiger partial charge < -0.3 is 55.5 Å². The Labute approximate surface area is 174 Å². The fraction of sp³-hybridized carbons (Fsp3) is 0.812. The number of aliphatic hydroxyl groups excluding tert-OH is 6. The van der Waals surface area contributed by atoms with Gasteiger partial charge in [-0.2, -0.15) is 0 Å². The van der Waals surface area contributed by atoms with E-state index in [1.807, 2.05) is 5.32 Å². The van der Waals surface area contributed by atoms with Crippen molar-refractivity contribution in [3.05, 3.63) is 0 Å². The number of hydrogen-bond acceptors (Lipinski definition) is 11. The van der Waals surface area contributed by atoms with Crippen LogP contribution in [0, 0.1) is 0 Å². The van der Waals surface area contributed by atoms with Crippen molar-refractivity contribution in [1.29, 1.82) is 0 Å². The van der Waals surface area contributed by atoms with Gasteiger partial charge in [0.15, 0.2) is 6.29 Å². The quantitative estimate of drug-likeness (QED) is 0.153. The van der Waals surface area contributed by atoms with E-state index in [0.29, 0.717) is 0 Å². The van der Waals surface area contributed by atoms with Gasteiger partial charge in [-0.1, -0.05) is 0 Å². The second-order valence-corrected chi connectivity index (χ2v) is 6.18. The van der Waals surface area contributed by atoms with Crippen molar-refractivity contribution in [3.8, 4) is 0 Å². The summed E-state index contributed by atoms with van der Waals surface area (Å²) in [5.41, 5.74) is 0. The molecule has 0 radical (unpaired) electrons. The van der Waals surface area contributed by atoms with Crippen LogP contribution in [0.15, 0.2) is 0 Å². The lowest BCUT2D eigenvalue weighted by atomic mass is 9.96. The molecule has 0 spiro atoms. The van der Waals surface area contributed by atoms with E-state index in [2.05, 4.69) is 0 Å². The summed E-state index contributed by atoms with van der Waals surface area (Å²) in [6.07, 6.45) is -14.0. The normalized spacial score (nSPS) is 35.2. The maximum Gasteiger partial charge on any atom is 0.217 e. The van der Waals surface area contributed by atoms with E-state index < -0.39 is 93.7 Å². The molecule has 1 heterocycles. The molecule has 29 heavy (non-hydrogen) atoms. The fourth-order valence-electron chi connectivity index (χ4n) is 2.72. The van der Waals surface area contributed by atoms with E-state index in [-0.39, 0.29) is 6.29 Å². The second-order valence-electron chi connectivity index (χ2n) is 6.18. The number of rotatable bonds is 10. The zero-order valence-electron chi connectivity index (χ0n) is 20.9.